The second-order valence-electron chi connectivity index (χ2n) is 13.6. The minimum absolute atomic E-state index is 1.01. The fourth-order valence-electron chi connectivity index (χ4n) is 8.24. The number of anilines is 6. The van der Waals surface area contributed by atoms with E-state index in [1.54, 1.807) is 0 Å². The molecule has 0 saturated carbocycles. The van der Waals surface area contributed by atoms with E-state index in [9.17, 15) is 0 Å². The van der Waals surface area contributed by atoms with E-state index in [4.69, 9.17) is 4.98 Å². The van der Waals surface area contributed by atoms with Gasteiger partial charge in [-0.25, -0.2) is 0 Å². The van der Waals surface area contributed by atoms with Crippen LogP contribution in [0, 0.1) is 0 Å². The Kier molecular flexibility index (Phi) is 5.80. The highest BCUT2D eigenvalue weighted by molar-refractivity contribution is 7.03. The molecule has 1 aromatic heterocycles. The first-order valence-electron chi connectivity index (χ1n) is 16.2. The maximum absolute atomic E-state index is 5.24. The molecule has 0 amide bonds. The summed E-state index contributed by atoms with van der Waals surface area (Å²) in [5.41, 5.74) is 8.45. The molecule has 46 heavy (non-hydrogen) atoms. The first kappa shape index (κ1) is 27.3. The van der Waals surface area contributed by atoms with Crippen molar-refractivity contribution >= 4 is 92.7 Å². The number of benzene rings is 6. The van der Waals surface area contributed by atoms with Gasteiger partial charge in [0.15, 0.2) is 0 Å². The smallest absolute Gasteiger partial charge is 0.117 e. The molecule has 0 N–H and O–H groups in total. The van der Waals surface area contributed by atoms with Gasteiger partial charge >= 0.3 is 0 Å². The Labute approximate surface area is 272 Å². The molecule has 0 saturated heterocycles. The van der Waals surface area contributed by atoms with Crippen LogP contribution in [-0.2, 0) is 0 Å². The molecule has 7 aromatic rings. The highest BCUT2D eigenvalue weighted by atomic mass is 28.3. The number of nitrogens with zero attached hydrogens (tertiary/aromatic N) is 3. The molecule has 0 spiro atoms. The summed E-state index contributed by atoms with van der Waals surface area (Å²) in [6.45, 7) is 9.93. The van der Waals surface area contributed by atoms with E-state index in [0.29, 0.717) is 0 Å². The third-order valence-corrected chi connectivity index (χ3v) is 17.5. The van der Waals surface area contributed by atoms with Crippen molar-refractivity contribution in [1.82, 2.24) is 4.98 Å². The lowest BCUT2D eigenvalue weighted by Crippen LogP contribution is -2.58. The number of fused-ring (bicyclic) bond motifs is 6. The summed E-state index contributed by atoms with van der Waals surface area (Å²) in [7, 11) is -3.87. The van der Waals surface area contributed by atoms with Gasteiger partial charge in [0.1, 0.15) is 16.1 Å². The summed E-state index contributed by atoms with van der Waals surface area (Å²) in [5.74, 6) is 0. The molecule has 0 bridgehead atoms. The van der Waals surface area contributed by atoms with E-state index in [1.807, 2.05) is 6.20 Å². The van der Waals surface area contributed by atoms with Gasteiger partial charge in [-0.2, -0.15) is 0 Å². The highest BCUT2D eigenvalue weighted by Gasteiger charge is 2.41. The lowest BCUT2D eigenvalue weighted by molar-refractivity contribution is 1.28. The monoisotopic (exact) mass is 625 g/mol. The van der Waals surface area contributed by atoms with Crippen LogP contribution in [0.3, 0.4) is 0 Å². The van der Waals surface area contributed by atoms with Crippen molar-refractivity contribution < 1.29 is 0 Å². The molecule has 0 atom stereocenters. The number of hydrogen-bond donors (Lipinski definition) is 0. The lowest BCUT2D eigenvalue weighted by Gasteiger charge is -2.43. The van der Waals surface area contributed by atoms with Crippen LogP contribution in [-0.4, -0.2) is 21.1 Å². The van der Waals surface area contributed by atoms with Crippen LogP contribution in [0.1, 0.15) is 0 Å². The minimum Gasteiger partial charge on any atom is -0.309 e. The summed E-state index contributed by atoms with van der Waals surface area (Å²) in [6.07, 6.45) is 1.96. The molecule has 3 heterocycles. The fourth-order valence-corrected chi connectivity index (χ4v) is 14.2. The quantitative estimate of drug-likeness (QED) is 0.142. The maximum atomic E-state index is 5.24. The number of aromatic nitrogens is 1. The molecule has 5 heteroatoms. The number of hydrogen-bond acceptors (Lipinski definition) is 3. The molecule has 9 rings (SSSR count). The van der Waals surface area contributed by atoms with Crippen LogP contribution in [0.2, 0.25) is 26.2 Å². The summed E-state index contributed by atoms with van der Waals surface area (Å²) >= 11 is 0. The van der Waals surface area contributed by atoms with Crippen LogP contribution in [0.15, 0.2) is 140 Å². The average Bonchev–Trinajstić information content (AvgIpc) is 3.09. The SMILES string of the molecule is C[Si]1(C)c2ccccc2N(c2c3ccccc3c(N3c4ccccc4[Si](C)(C)c4ccccc43)c3ncccc23)c2ccccc21. The van der Waals surface area contributed by atoms with E-state index in [0.717, 1.165) is 16.6 Å². The van der Waals surface area contributed by atoms with Crippen LogP contribution >= 0.6 is 0 Å². The fraction of sp³-hybridized carbons (Fsp3) is 0.0976. The van der Waals surface area contributed by atoms with Gasteiger partial charge in [0.2, 0.25) is 0 Å². The van der Waals surface area contributed by atoms with Crippen molar-refractivity contribution in [2.75, 3.05) is 9.80 Å². The second kappa shape index (κ2) is 9.76. The van der Waals surface area contributed by atoms with Gasteiger partial charge in [-0.15, -0.1) is 0 Å². The normalized spacial score (nSPS) is 15.7. The second-order valence-corrected chi connectivity index (χ2v) is 22.3. The van der Waals surface area contributed by atoms with E-state index < -0.39 is 16.1 Å². The summed E-state index contributed by atoms with van der Waals surface area (Å²) in [4.78, 5) is 10.3. The van der Waals surface area contributed by atoms with Crippen LogP contribution in [0.4, 0.5) is 34.1 Å². The van der Waals surface area contributed by atoms with Crippen LogP contribution in [0.25, 0.3) is 21.7 Å². The van der Waals surface area contributed by atoms with Gasteiger partial charge in [-0.05, 0) is 57.1 Å². The van der Waals surface area contributed by atoms with Crippen molar-refractivity contribution in [3.05, 3.63) is 140 Å². The van der Waals surface area contributed by atoms with Crippen molar-refractivity contribution in [3.63, 3.8) is 0 Å². The largest absolute Gasteiger partial charge is 0.309 e. The molecule has 2 aliphatic heterocycles. The Morgan fingerprint density at radius 3 is 1.20 bits per heavy atom. The van der Waals surface area contributed by atoms with Crippen molar-refractivity contribution in [2.45, 2.75) is 26.2 Å². The van der Waals surface area contributed by atoms with E-state index in [2.05, 4.69) is 169 Å². The molecule has 3 nitrogen and oxygen atoms in total. The first-order valence-corrected chi connectivity index (χ1v) is 22.2. The van der Waals surface area contributed by atoms with Gasteiger partial charge in [0.25, 0.3) is 0 Å². The van der Waals surface area contributed by atoms with E-state index >= 15 is 0 Å². The lowest BCUT2D eigenvalue weighted by atomic mass is 9.98. The Balaban J connectivity index is 1.43. The molecule has 0 aliphatic carbocycles. The third-order valence-electron chi connectivity index (χ3n) is 10.4. The molecule has 2 aliphatic rings. The molecular weight excluding hydrogens is 591 g/mol. The van der Waals surface area contributed by atoms with Gasteiger partial charge < -0.3 is 9.80 Å². The average molecular weight is 626 g/mol. The summed E-state index contributed by atoms with van der Waals surface area (Å²) in [6, 6.07) is 49.6. The standard InChI is InChI=1S/C41H35N3Si2/c1-45(2)35-23-11-7-19-31(35)43(32-20-8-12-24-36(32)45)40-28-16-5-6-17-29(28)41(39-30(40)18-15-27-42-39)44-33-21-9-13-25-37(33)46(3,4)38-26-14-10-22-34(38)44/h5-27H,1-4H3. The zero-order valence-corrected chi connectivity index (χ0v) is 28.6. The Bertz CT molecular complexity index is 2040. The topological polar surface area (TPSA) is 19.4 Å². The van der Waals surface area contributed by atoms with Gasteiger partial charge in [0, 0.05) is 45.1 Å². The Hall–Kier alpha value is -4.98. The third kappa shape index (κ3) is 3.61. The highest BCUT2D eigenvalue weighted by Crippen LogP contribution is 2.51. The van der Waals surface area contributed by atoms with Gasteiger partial charge in [0.05, 0.1) is 16.9 Å². The first-order chi connectivity index (χ1) is 22.4. The molecule has 6 aromatic carbocycles. The Morgan fingerprint density at radius 2 is 0.739 bits per heavy atom. The Morgan fingerprint density at radius 1 is 0.391 bits per heavy atom. The van der Waals surface area contributed by atoms with E-state index in [-0.39, 0.29) is 0 Å². The van der Waals surface area contributed by atoms with Crippen molar-refractivity contribution in [3.8, 4) is 0 Å². The molecule has 0 fully saturated rings. The zero-order chi connectivity index (χ0) is 31.2. The van der Waals surface area contributed by atoms with Crippen molar-refractivity contribution in [1.29, 1.82) is 0 Å². The van der Waals surface area contributed by atoms with Crippen molar-refractivity contribution in [2.24, 2.45) is 0 Å². The predicted molar refractivity (Wildman–Crippen MR) is 202 cm³/mol. The summed E-state index contributed by atoms with van der Waals surface area (Å²) in [5, 5.41) is 9.41. The number of rotatable bonds is 2. The molecule has 0 radical (unpaired) electrons. The zero-order valence-electron chi connectivity index (χ0n) is 26.6. The summed E-state index contributed by atoms with van der Waals surface area (Å²) < 4.78 is 0. The van der Waals surface area contributed by atoms with Crippen LogP contribution < -0.4 is 30.5 Å². The van der Waals surface area contributed by atoms with Gasteiger partial charge in [-0.1, -0.05) is 123 Å². The molecular formula is C41H35N3Si2. The molecule has 222 valence electrons. The van der Waals surface area contributed by atoms with E-state index in [1.165, 1.54) is 60.0 Å². The minimum atomic E-state index is -1.94. The predicted octanol–water partition coefficient (Wildman–Crippen LogP) is 8.60. The maximum Gasteiger partial charge on any atom is 0.117 e. The van der Waals surface area contributed by atoms with Crippen LogP contribution in [0.5, 0.6) is 0 Å². The number of para-hydroxylation sites is 4. The molecule has 0 unspecified atom stereocenters. The number of pyridine rings is 1. The van der Waals surface area contributed by atoms with Gasteiger partial charge in [-0.3, -0.25) is 4.98 Å².